The number of benzene rings is 8. The van der Waals surface area contributed by atoms with E-state index in [1.165, 1.54) is 21.5 Å². The predicted molar refractivity (Wildman–Crippen MR) is 226 cm³/mol. The van der Waals surface area contributed by atoms with Crippen LogP contribution >= 0.6 is 0 Å². The van der Waals surface area contributed by atoms with Crippen LogP contribution in [0.15, 0.2) is 152 Å². The van der Waals surface area contributed by atoms with Gasteiger partial charge in [-0.25, -0.2) is 0 Å². The zero-order chi connectivity index (χ0) is 36.4. The summed E-state index contributed by atoms with van der Waals surface area (Å²) in [4.78, 5) is 2.38. The molecule has 0 unspecified atom stereocenters. The fourth-order valence-corrected chi connectivity index (χ4v) is 10.2. The van der Waals surface area contributed by atoms with Crippen molar-refractivity contribution < 1.29 is 14.2 Å². The lowest BCUT2D eigenvalue weighted by Crippen LogP contribution is -2.62. The molecule has 0 atom stereocenters. The third-order valence-corrected chi connectivity index (χ3v) is 12.4. The van der Waals surface area contributed by atoms with Crippen molar-refractivity contribution in [3.8, 4) is 45.9 Å². The Balaban J connectivity index is 1.09. The lowest BCUT2D eigenvalue weighted by molar-refractivity contribution is 0.457. The first-order chi connectivity index (χ1) is 27.7. The first-order valence-electron chi connectivity index (χ1n) is 19.1. The highest BCUT2D eigenvalue weighted by Gasteiger charge is 2.50. The molecule has 6 nitrogen and oxygen atoms in total. The first-order valence-corrected chi connectivity index (χ1v) is 19.1. The standard InChI is InChI=1S/C49H28BN3O3/c1-27-18-19-38-42(22-27)55-41-21-20-40-48-49(41)53(38)39-23-28(51-34-14-6-2-10-30(34)31-11-3-7-15-35(31)51)24-43-46(39)50(48)47-44(54-40)25-29(26-45(47)56-43)52-36-16-8-4-12-32(36)33-13-5-9-17-37(33)52/h2-26H,1H3. The van der Waals surface area contributed by atoms with E-state index >= 15 is 0 Å². The van der Waals surface area contributed by atoms with Gasteiger partial charge in [-0.1, -0.05) is 78.9 Å². The van der Waals surface area contributed by atoms with Gasteiger partial charge in [-0.3, -0.25) is 0 Å². The van der Waals surface area contributed by atoms with Gasteiger partial charge in [0.25, 0.3) is 6.71 Å². The smallest absolute Gasteiger partial charge is 0.266 e. The summed E-state index contributed by atoms with van der Waals surface area (Å²) in [6.07, 6.45) is 0. The molecule has 6 heterocycles. The van der Waals surface area contributed by atoms with Gasteiger partial charge in [-0.2, -0.15) is 0 Å². The highest BCUT2D eigenvalue weighted by atomic mass is 16.5. The molecule has 8 aromatic carbocycles. The molecule has 4 aliphatic rings. The minimum atomic E-state index is -0.122. The quantitative estimate of drug-likeness (QED) is 0.167. The average molecular weight is 718 g/mol. The lowest BCUT2D eigenvalue weighted by Gasteiger charge is -2.45. The van der Waals surface area contributed by atoms with Crippen molar-refractivity contribution in [2.75, 3.05) is 4.90 Å². The number of nitrogens with zero attached hydrogens (tertiary/aromatic N) is 3. The Morgan fingerprint density at radius 1 is 0.393 bits per heavy atom. The molecule has 7 heteroatoms. The molecule has 0 amide bonds. The van der Waals surface area contributed by atoms with Gasteiger partial charge in [0.2, 0.25) is 0 Å². The molecule has 0 spiro atoms. The Hall–Kier alpha value is -7.38. The molecule has 56 heavy (non-hydrogen) atoms. The molecule has 0 saturated carbocycles. The molecule has 14 rings (SSSR count). The van der Waals surface area contributed by atoms with E-state index in [9.17, 15) is 0 Å². The van der Waals surface area contributed by atoms with E-state index in [1.54, 1.807) is 0 Å². The average Bonchev–Trinajstić information content (AvgIpc) is 3.75. The third-order valence-electron chi connectivity index (χ3n) is 12.4. The van der Waals surface area contributed by atoms with Crippen LogP contribution in [0.4, 0.5) is 17.1 Å². The summed E-state index contributed by atoms with van der Waals surface area (Å²) < 4.78 is 25.7. The highest BCUT2D eigenvalue weighted by molar-refractivity contribution is 7.00. The molecule has 0 radical (unpaired) electrons. The van der Waals surface area contributed by atoms with Crippen molar-refractivity contribution >= 4 is 83.8 Å². The van der Waals surface area contributed by atoms with Crippen LogP contribution in [0.2, 0.25) is 0 Å². The molecule has 260 valence electrons. The molecule has 0 N–H and O–H groups in total. The molecular formula is C49H28BN3O3. The normalized spacial score (nSPS) is 13.8. The molecule has 4 aliphatic heterocycles. The van der Waals surface area contributed by atoms with Gasteiger partial charge in [0.15, 0.2) is 11.5 Å². The maximum absolute atomic E-state index is 7.26. The van der Waals surface area contributed by atoms with Crippen molar-refractivity contribution in [2.45, 2.75) is 6.92 Å². The fraction of sp³-hybridized carbons (Fsp3) is 0.0204. The number of anilines is 3. The summed E-state index contributed by atoms with van der Waals surface area (Å²) in [5, 5.41) is 4.86. The lowest BCUT2D eigenvalue weighted by atomic mass is 9.33. The Morgan fingerprint density at radius 2 is 0.875 bits per heavy atom. The van der Waals surface area contributed by atoms with Gasteiger partial charge >= 0.3 is 0 Å². The Labute approximate surface area is 321 Å². The number of hydrogen-bond acceptors (Lipinski definition) is 4. The molecule has 10 aromatic rings. The number of rotatable bonds is 2. The second-order valence-corrected chi connectivity index (χ2v) is 15.3. The number of aromatic nitrogens is 2. The maximum atomic E-state index is 7.26. The maximum Gasteiger partial charge on any atom is 0.266 e. The van der Waals surface area contributed by atoms with Crippen molar-refractivity contribution in [3.05, 3.63) is 157 Å². The highest BCUT2D eigenvalue weighted by Crippen LogP contribution is 2.55. The van der Waals surface area contributed by atoms with Crippen LogP contribution in [0.5, 0.6) is 34.5 Å². The van der Waals surface area contributed by atoms with Crippen molar-refractivity contribution in [1.82, 2.24) is 9.13 Å². The van der Waals surface area contributed by atoms with Crippen LogP contribution in [0.1, 0.15) is 5.56 Å². The van der Waals surface area contributed by atoms with Gasteiger partial charge in [0, 0.05) is 56.4 Å². The van der Waals surface area contributed by atoms with Crippen LogP contribution < -0.4 is 35.5 Å². The molecular weight excluding hydrogens is 689 g/mol. The van der Waals surface area contributed by atoms with Gasteiger partial charge in [-0.05, 0) is 72.5 Å². The summed E-state index contributed by atoms with van der Waals surface area (Å²) in [6, 6.07) is 54.2. The minimum absolute atomic E-state index is 0.122. The van der Waals surface area contributed by atoms with E-state index in [2.05, 4.69) is 173 Å². The second-order valence-electron chi connectivity index (χ2n) is 15.3. The Kier molecular flexibility index (Phi) is 5.20. The number of fused-ring (bicyclic) bond motifs is 9. The van der Waals surface area contributed by atoms with Crippen LogP contribution in [-0.4, -0.2) is 15.8 Å². The number of para-hydroxylation sites is 4. The summed E-state index contributed by atoms with van der Waals surface area (Å²) >= 11 is 0. The second kappa shape index (κ2) is 10.0. The van der Waals surface area contributed by atoms with E-state index in [1.807, 2.05) is 0 Å². The first kappa shape index (κ1) is 29.0. The zero-order valence-corrected chi connectivity index (χ0v) is 30.1. The SMILES string of the molecule is Cc1ccc2c(c1)Oc1ccc3c4c1N2c1cc(-n2c5ccccc5c5ccccc52)cc2c1B4c1c(cc(-n4c5ccccc5c5ccccc54)cc1O3)O2. The Morgan fingerprint density at radius 3 is 1.46 bits per heavy atom. The third kappa shape index (κ3) is 3.50. The number of hydrogen-bond donors (Lipinski definition) is 0. The molecule has 0 saturated heterocycles. The van der Waals surface area contributed by atoms with E-state index in [-0.39, 0.29) is 6.71 Å². The van der Waals surface area contributed by atoms with E-state index < -0.39 is 0 Å². The van der Waals surface area contributed by atoms with Crippen LogP contribution in [0, 0.1) is 6.92 Å². The minimum Gasteiger partial charge on any atom is -0.458 e. The van der Waals surface area contributed by atoms with Crippen LogP contribution in [-0.2, 0) is 0 Å². The van der Waals surface area contributed by atoms with E-state index in [0.717, 1.165) is 107 Å². The fourth-order valence-electron chi connectivity index (χ4n) is 10.2. The zero-order valence-electron chi connectivity index (χ0n) is 30.1. The van der Waals surface area contributed by atoms with Gasteiger partial charge in [0.05, 0.1) is 44.8 Å². The largest absolute Gasteiger partial charge is 0.458 e. The van der Waals surface area contributed by atoms with Crippen LogP contribution in [0.3, 0.4) is 0 Å². The summed E-state index contributed by atoms with van der Waals surface area (Å²) in [7, 11) is 0. The van der Waals surface area contributed by atoms with Gasteiger partial charge < -0.3 is 28.2 Å². The summed E-state index contributed by atoms with van der Waals surface area (Å²) in [5.74, 6) is 4.93. The van der Waals surface area contributed by atoms with Crippen molar-refractivity contribution in [3.63, 3.8) is 0 Å². The molecule has 0 aliphatic carbocycles. The molecule has 2 aromatic heterocycles. The Bertz CT molecular complexity index is 3340. The summed E-state index contributed by atoms with van der Waals surface area (Å²) in [6.45, 7) is 1.99. The van der Waals surface area contributed by atoms with E-state index in [0.29, 0.717) is 0 Å². The molecule has 0 bridgehead atoms. The number of aryl methyl sites for hydroxylation is 1. The predicted octanol–water partition coefficient (Wildman–Crippen LogP) is 10.8. The van der Waals surface area contributed by atoms with Gasteiger partial charge in [0.1, 0.15) is 23.0 Å². The van der Waals surface area contributed by atoms with Crippen molar-refractivity contribution in [1.29, 1.82) is 0 Å². The molecule has 0 fully saturated rings. The van der Waals surface area contributed by atoms with Gasteiger partial charge in [-0.15, -0.1) is 0 Å². The van der Waals surface area contributed by atoms with Crippen LogP contribution in [0.25, 0.3) is 55.0 Å². The van der Waals surface area contributed by atoms with Crippen molar-refractivity contribution in [2.24, 2.45) is 0 Å². The summed E-state index contributed by atoms with van der Waals surface area (Å²) in [5.41, 5.74) is 14.1. The topological polar surface area (TPSA) is 40.8 Å². The van der Waals surface area contributed by atoms with E-state index in [4.69, 9.17) is 14.2 Å². The monoisotopic (exact) mass is 717 g/mol. The number of ether oxygens (including phenoxy) is 3.